The number of nitrogens with zero attached hydrogens (tertiary/aromatic N) is 2. The summed E-state index contributed by atoms with van der Waals surface area (Å²) >= 11 is 12.0. The van der Waals surface area contributed by atoms with Crippen LogP contribution in [-0.2, 0) is 6.61 Å². The van der Waals surface area contributed by atoms with Crippen LogP contribution in [0, 0.1) is 0 Å². The molecular formula is C25H21Cl2N3O4. The minimum Gasteiger partial charge on any atom is -0.507 e. The Balaban J connectivity index is 1.65. The first kappa shape index (κ1) is 23.5. The lowest BCUT2D eigenvalue weighted by Gasteiger charge is -2.14. The summed E-state index contributed by atoms with van der Waals surface area (Å²) in [6, 6.07) is 15.7. The molecular weight excluding hydrogens is 477 g/mol. The van der Waals surface area contributed by atoms with Gasteiger partial charge in [0, 0.05) is 23.4 Å². The lowest BCUT2D eigenvalue weighted by atomic mass is 9.99. The summed E-state index contributed by atoms with van der Waals surface area (Å²) in [5, 5.41) is 11.7. The van der Waals surface area contributed by atoms with Crippen LogP contribution in [0.15, 0.2) is 60.8 Å². The van der Waals surface area contributed by atoms with Gasteiger partial charge in [0.1, 0.15) is 18.1 Å². The number of aromatic nitrogens is 2. The largest absolute Gasteiger partial charge is 0.507 e. The standard InChI is InChI=1S/C25H21Cl2N3O4/c1-32-22-8-4-15(10-23(22)33-2)18-12-29-25(28)30-24(18)17-6-5-16(11-21(17)31)34-13-14-3-7-19(26)20(27)9-14/h3-12,31H,13H2,1-2H3,(H2,28,29,30). The number of aromatic hydroxyl groups is 1. The van der Waals surface area contributed by atoms with E-state index in [1.54, 1.807) is 50.7 Å². The number of rotatable bonds is 7. The van der Waals surface area contributed by atoms with Crippen LogP contribution < -0.4 is 19.9 Å². The number of benzene rings is 3. The first-order valence-electron chi connectivity index (χ1n) is 10.1. The zero-order valence-corrected chi connectivity index (χ0v) is 19.9. The van der Waals surface area contributed by atoms with E-state index in [0.29, 0.717) is 44.1 Å². The summed E-state index contributed by atoms with van der Waals surface area (Å²) < 4.78 is 16.5. The van der Waals surface area contributed by atoms with E-state index in [1.165, 1.54) is 6.07 Å². The SMILES string of the molecule is COc1ccc(-c2cnc(N)nc2-c2ccc(OCc3ccc(Cl)c(Cl)c3)cc2O)cc1OC. The highest BCUT2D eigenvalue weighted by atomic mass is 35.5. The molecule has 1 aromatic heterocycles. The fourth-order valence-electron chi connectivity index (χ4n) is 3.41. The highest BCUT2D eigenvalue weighted by Crippen LogP contribution is 2.40. The number of anilines is 1. The molecule has 0 aliphatic rings. The molecule has 0 bridgehead atoms. The summed E-state index contributed by atoms with van der Waals surface area (Å²) in [5.41, 5.74) is 9.08. The molecule has 7 nitrogen and oxygen atoms in total. The topological polar surface area (TPSA) is 99.7 Å². The average molecular weight is 498 g/mol. The van der Waals surface area contributed by atoms with E-state index < -0.39 is 0 Å². The molecule has 1 heterocycles. The molecule has 9 heteroatoms. The van der Waals surface area contributed by atoms with Gasteiger partial charge in [-0.15, -0.1) is 0 Å². The third-order valence-electron chi connectivity index (χ3n) is 5.12. The van der Waals surface area contributed by atoms with Gasteiger partial charge in [-0.1, -0.05) is 35.3 Å². The second kappa shape index (κ2) is 10.1. The van der Waals surface area contributed by atoms with Gasteiger partial charge in [0.15, 0.2) is 11.5 Å². The number of halogens is 2. The molecule has 174 valence electrons. The van der Waals surface area contributed by atoms with E-state index in [2.05, 4.69) is 9.97 Å². The predicted molar refractivity (Wildman–Crippen MR) is 133 cm³/mol. The number of ether oxygens (including phenoxy) is 3. The molecule has 4 aromatic rings. The molecule has 0 radical (unpaired) electrons. The van der Waals surface area contributed by atoms with Gasteiger partial charge in [0.2, 0.25) is 5.95 Å². The van der Waals surface area contributed by atoms with Crippen molar-refractivity contribution in [2.45, 2.75) is 6.61 Å². The highest BCUT2D eigenvalue weighted by molar-refractivity contribution is 6.42. The predicted octanol–water partition coefficient (Wildman–Crippen LogP) is 6.00. The maximum Gasteiger partial charge on any atom is 0.220 e. The molecule has 0 fully saturated rings. The minimum absolute atomic E-state index is 0.0218. The van der Waals surface area contributed by atoms with Crippen molar-refractivity contribution in [3.8, 4) is 45.4 Å². The van der Waals surface area contributed by atoms with Crippen LogP contribution in [0.3, 0.4) is 0 Å². The van der Waals surface area contributed by atoms with E-state index in [9.17, 15) is 5.11 Å². The molecule has 0 spiro atoms. The maximum absolute atomic E-state index is 10.8. The molecule has 0 amide bonds. The second-order valence-electron chi connectivity index (χ2n) is 7.28. The first-order chi connectivity index (χ1) is 16.4. The van der Waals surface area contributed by atoms with E-state index >= 15 is 0 Å². The van der Waals surface area contributed by atoms with Crippen LogP contribution in [0.1, 0.15) is 5.56 Å². The second-order valence-corrected chi connectivity index (χ2v) is 8.09. The fraction of sp³-hybridized carbons (Fsp3) is 0.120. The number of hydrogen-bond acceptors (Lipinski definition) is 7. The monoisotopic (exact) mass is 497 g/mol. The molecule has 0 saturated heterocycles. The number of hydrogen-bond donors (Lipinski definition) is 2. The van der Waals surface area contributed by atoms with Gasteiger partial charge in [0.05, 0.1) is 30.0 Å². The number of methoxy groups -OCH3 is 2. The minimum atomic E-state index is -0.0218. The Labute approximate surface area is 206 Å². The van der Waals surface area contributed by atoms with Crippen molar-refractivity contribution < 1.29 is 19.3 Å². The third-order valence-corrected chi connectivity index (χ3v) is 5.85. The lowest BCUT2D eigenvalue weighted by Crippen LogP contribution is -2.00. The van der Waals surface area contributed by atoms with Gasteiger partial charge < -0.3 is 25.1 Å². The van der Waals surface area contributed by atoms with Crippen LogP contribution in [-0.4, -0.2) is 29.3 Å². The smallest absolute Gasteiger partial charge is 0.220 e. The van der Waals surface area contributed by atoms with Crippen molar-refractivity contribution in [1.82, 2.24) is 9.97 Å². The lowest BCUT2D eigenvalue weighted by molar-refractivity contribution is 0.304. The van der Waals surface area contributed by atoms with E-state index in [1.807, 2.05) is 18.2 Å². The molecule has 0 saturated carbocycles. The van der Waals surface area contributed by atoms with Crippen molar-refractivity contribution in [3.63, 3.8) is 0 Å². The van der Waals surface area contributed by atoms with Crippen molar-refractivity contribution in [1.29, 1.82) is 0 Å². The summed E-state index contributed by atoms with van der Waals surface area (Å²) in [6.45, 7) is 0.257. The quantitative estimate of drug-likeness (QED) is 0.322. The summed E-state index contributed by atoms with van der Waals surface area (Å²) in [4.78, 5) is 8.52. The highest BCUT2D eigenvalue weighted by Gasteiger charge is 2.17. The number of nitrogen functional groups attached to an aromatic ring is 1. The van der Waals surface area contributed by atoms with Crippen molar-refractivity contribution >= 4 is 29.2 Å². The molecule has 34 heavy (non-hydrogen) atoms. The Kier molecular flexibility index (Phi) is 6.95. The number of phenols is 1. The molecule has 3 aromatic carbocycles. The van der Waals surface area contributed by atoms with Gasteiger partial charge in [-0.3, -0.25) is 0 Å². The Bertz CT molecular complexity index is 1350. The average Bonchev–Trinajstić information content (AvgIpc) is 2.84. The summed E-state index contributed by atoms with van der Waals surface area (Å²) in [6.07, 6.45) is 1.60. The van der Waals surface area contributed by atoms with Crippen LogP contribution in [0.5, 0.6) is 23.0 Å². The molecule has 3 N–H and O–H groups in total. The fourth-order valence-corrected chi connectivity index (χ4v) is 3.73. The van der Waals surface area contributed by atoms with Gasteiger partial charge >= 0.3 is 0 Å². The molecule has 4 rings (SSSR count). The Hall–Kier alpha value is -3.68. The van der Waals surface area contributed by atoms with Gasteiger partial charge in [-0.25, -0.2) is 9.97 Å². The van der Waals surface area contributed by atoms with Crippen LogP contribution in [0.2, 0.25) is 10.0 Å². The molecule has 0 aliphatic carbocycles. The van der Waals surface area contributed by atoms with E-state index in [4.69, 9.17) is 43.1 Å². The Morgan fingerprint density at radius 3 is 2.38 bits per heavy atom. The molecule has 0 atom stereocenters. The number of nitrogens with two attached hydrogens (primary N) is 1. The first-order valence-corrected chi connectivity index (χ1v) is 10.9. The zero-order valence-electron chi connectivity index (χ0n) is 18.4. The Morgan fingerprint density at radius 2 is 1.68 bits per heavy atom. The van der Waals surface area contributed by atoms with Crippen LogP contribution >= 0.6 is 23.2 Å². The van der Waals surface area contributed by atoms with Crippen molar-refractivity contribution in [3.05, 3.63) is 76.4 Å². The maximum atomic E-state index is 10.8. The van der Waals surface area contributed by atoms with Crippen molar-refractivity contribution in [2.24, 2.45) is 0 Å². The van der Waals surface area contributed by atoms with E-state index in [0.717, 1.165) is 11.1 Å². The molecule has 0 aliphatic heterocycles. The summed E-state index contributed by atoms with van der Waals surface area (Å²) in [7, 11) is 3.13. The normalized spacial score (nSPS) is 10.7. The molecule has 0 unspecified atom stereocenters. The van der Waals surface area contributed by atoms with Crippen LogP contribution in [0.4, 0.5) is 5.95 Å². The van der Waals surface area contributed by atoms with Crippen molar-refractivity contribution in [2.75, 3.05) is 20.0 Å². The zero-order chi connectivity index (χ0) is 24.2. The van der Waals surface area contributed by atoms with E-state index in [-0.39, 0.29) is 18.3 Å². The van der Waals surface area contributed by atoms with Gasteiger partial charge in [-0.05, 0) is 47.5 Å². The summed E-state index contributed by atoms with van der Waals surface area (Å²) in [5.74, 6) is 1.68. The Morgan fingerprint density at radius 1 is 0.882 bits per heavy atom. The third kappa shape index (κ3) is 4.95. The number of phenolic OH excluding ortho intramolecular Hbond substituents is 1. The van der Waals surface area contributed by atoms with Gasteiger partial charge in [-0.2, -0.15) is 0 Å². The van der Waals surface area contributed by atoms with Crippen LogP contribution in [0.25, 0.3) is 22.4 Å². The van der Waals surface area contributed by atoms with Gasteiger partial charge in [0.25, 0.3) is 0 Å².